The first-order valence-electron chi connectivity index (χ1n) is 5.27. The van der Waals surface area contributed by atoms with Crippen LogP contribution in [0.5, 0.6) is 0 Å². The van der Waals surface area contributed by atoms with Crippen LogP contribution < -0.4 is 10.5 Å². The molecule has 1 aromatic carbocycles. The van der Waals surface area contributed by atoms with Gasteiger partial charge in [0, 0.05) is 24.5 Å². The molecule has 0 unspecified atom stereocenters. The third kappa shape index (κ3) is 3.09. The lowest BCUT2D eigenvalue weighted by Gasteiger charge is -2.06. The fourth-order valence-corrected chi connectivity index (χ4v) is 2.58. The monoisotopic (exact) mass is 287 g/mol. The molecular formula is C11H11F2N3O2S. The minimum absolute atomic E-state index is 0.0578. The highest BCUT2D eigenvalue weighted by Crippen LogP contribution is 2.18. The molecule has 2 aromatic rings. The van der Waals surface area contributed by atoms with Crippen molar-refractivity contribution in [3.05, 3.63) is 47.8 Å². The summed E-state index contributed by atoms with van der Waals surface area (Å²) < 4.78 is 51.9. The van der Waals surface area contributed by atoms with Gasteiger partial charge in [0.15, 0.2) is 0 Å². The van der Waals surface area contributed by atoms with Crippen molar-refractivity contribution in [2.75, 3.05) is 4.72 Å². The number of aromatic amines is 1. The van der Waals surface area contributed by atoms with Crippen LogP contribution in [0.4, 0.5) is 14.5 Å². The molecule has 8 heteroatoms. The van der Waals surface area contributed by atoms with Gasteiger partial charge in [-0.1, -0.05) is 0 Å². The zero-order chi connectivity index (χ0) is 14.0. The molecule has 0 amide bonds. The molecule has 0 radical (unpaired) electrons. The van der Waals surface area contributed by atoms with Crippen LogP contribution in [0.2, 0.25) is 0 Å². The van der Waals surface area contributed by atoms with E-state index in [2.05, 4.69) is 9.71 Å². The lowest BCUT2D eigenvalue weighted by atomic mass is 10.3. The summed E-state index contributed by atoms with van der Waals surface area (Å²) in [6.45, 7) is 0.157. The highest BCUT2D eigenvalue weighted by molar-refractivity contribution is 7.92. The fourth-order valence-electron chi connectivity index (χ4n) is 1.52. The van der Waals surface area contributed by atoms with Crippen LogP contribution in [0.15, 0.2) is 35.4 Å². The number of H-pyrrole nitrogens is 1. The van der Waals surface area contributed by atoms with E-state index in [4.69, 9.17) is 5.73 Å². The number of sulfonamides is 1. The van der Waals surface area contributed by atoms with E-state index in [-0.39, 0.29) is 17.1 Å². The van der Waals surface area contributed by atoms with E-state index in [9.17, 15) is 17.2 Å². The van der Waals surface area contributed by atoms with Gasteiger partial charge >= 0.3 is 0 Å². The molecule has 102 valence electrons. The molecule has 1 heterocycles. The van der Waals surface area contributed by atoms with E-state index < -0.39 is 21.7 Å². The maximum atomic E-state index is 13.0. The van der Waals surface area contributed by atoms with Gasteiger partial charge in [-0.2, -0.15) is 0 Å². The summed E-state index contributed by atoms with van der Waals surface area (Å²) in [6.07, 6.45) is 1.25. The van der Waals surface area contributed by atoms with Crippen LogP contribution in [0.3, 0.4) is 0 Å². The molecule has 0 aliphatic heterocycles. The number of halogens is 2. The van der Waals surface area contributed by atoms with Crippen LogP contribution in [0, 0.1) is 11.6 Å². The minimum Gasteiger partial charge on any atom is -0.363 e. The van der Waals surface area contributed by atoms with Gasteiger partial charge in [0.05, 0.1) is 5.69 Å². The molecule has 0 spiro atoms. The van der Waals surface area contributed by atoms with Crippen LogP contribution in [0.1, 0.15) is 5.69 Å². The van der Waals surface area contributed by atoms with Crippen LogP contribution in [-0.4, -0.2) is 13.4 Å². The maximum absolute atomic E-state index is 13.0. The quantitative estimate of drug-likeness (QED) is 0.797. The molecule has 2 rings (SSSR count). The number of nitrogens with two attached hydrogens (primary N) is 1. The van der Waals surface area contributed by atoms with Gasteiger partial charge in [-0.25, -0.2) is 17.2 Å². The lowest BCUT2D eigenvalue weighted by molar-refractivity contribution is 0.584. The van der Waals surface area contributed by atoms with E-state index in [1.807, 2.05) is 0 Å². The van der Waals surface area contributed by atoms with Gasteiger partial charge in [0.25, 0.3) is 10.0 Å². The first-order valence-corrected chi connectivity index (χ1v) is 6.75. The van der Waals surface area contributed by atoms with Crippen molar-refractivity contribution < 1.29 is 17.2 Å². The molecule has 19 heavy (non-hydrogen) atoms. The van der Waals surface area contributed by atoms with Gasteiger partial charge < -0.3 is 10.7 Å². The van der Waals surface area contributed by atoms with Gasteiger partial charge in [-0.15, -0.1) is 0 Å². The molecular weight excluding hydrogens is 276 g/mol. The second-order valence-electron chi connectivity index (χ2n) is 3.83. The Morgan fingerprint density at radius 3 is 2.32 bits per heavy atom. The topological polar surface area (TPSA) is 88.0 Å². The summed E-state index contributed by atoms with van der Waals surface area (Å²) in [5, 5.41) is 0. The Hall–Kier alpha value is -1.93. The zero-order valence-corrected chi connectivity index (χ0v) is 10.5. The standard InChI is InChI=1S/C11H11F2N3O2S/c12-7-1-8(13)3-9(2-7)16-19(17,18)11-4-10(5-14)15-6-11/h1-4,6,15-16H,5,14H2. The second kappa shape index (κ2) is 4.98. The van der Waals surface area contributed by atoms with Crippen molar-refractivity contribution in [2.45, 2.75) is 11.4 Å². The largest absolute Gasteiger partial charge is 0.363 e. The summed E-state index contributed by atoms with van der Waals surface area (Å²) in [5.74, 6) is -1.73. The normalized spacial score (nSPS) is 11.5. The molecule has 5 nitrogen and oxygen atoms in total. The second-order valence-corrected chi connectivity index (χ2v) is 5.51. The first kappa shape index (κ1) is 13.5. The number of hydrogen-bond donors (Lipinski definition) is 3. The number of nitrogens with one attached hydrogen (secondary N) is 2. The number of benzene rings is 1. The minimum atomic E-state index is -3.91. The molecule has 0 atom stereocenters. The Balaban J connectivity index is 2.30. The van der Waals surface area contributed by atoms with Crippen molar-refractivity contribution in [3.8, 4) is 0 Å². The van der Waals surface area contributed by atoms with Crippen LogP contribution >= 0.6 is 0 Å². The predicted molar refractivity (Wildman–Crippen MR) is 65.9 cm³/mol. The van der Waals surface area contributed by atoms with Crippen LogP contribution in [0.25, 0.3) is 0 Å². The Morgan fingerprint density at radius 1 is 1.16 bits per heavy atom. The fraction of sp³-hybridized carbons (Fsp3) is 0.0909. The van der Waals surface area contributed by atoms with Crippen LogP contribution in [-0.2, 0) is 16.6 Å². The molecule has 0 aliphatic rings. The van der Waals surface area contributed by atoms with Gasteiger partial charge in [-0.3, -0.25) is 4.72 Å². The van der Waals surface area contributed by atoms with E-state index >= 15 is 0 Å². The summed E-state index contributed by atoms with van der Waals surface area (Å²) in [6, 6.07) is 3.77. The number of aromatic nitrogens is 1. The van der Waals surface area contributed by atoms with Gasteiger partial charge in [-0.05, 0) is 18.2 Å². The number of rotatable bonds is 4. The van der Waals surface area contributed by atoms with Crippen molar-refractivity contribution >= 4 is 15.7 Å². The van der Waals surface area contributed by atoms with Gasteiger partial charge in [0.1, 0.15) is 16.5 Å². The highest BCUT2D eigenvalue weighted by Gasteiger charge is 2.16. The van der Waals surface area contributed by atoms with E-state index in [0.29, 0.717) is 11.8 Å². The molecule has 0 saturated heterocycles. The van der Waals surface area contributed by atoms with Crippen molar-refractivity contribution in [3.63, 3.8) is 0 Å². The van der Waals surface area contributed by atoms with E-state index in [1.165, 1.54) is 12.3 Å². The average Bonchev–Trinajstić information content (AvgIpc) is 2.75. The van der Waals surface area contributed by atoms with Crippen molar-refractivity contribution in [2.24, 2.45) is 5.73 Å². The Labute approximate surface area is 108 Å². The summed E-state index contributed by atoms with van der Waals surface area (Å²) >= 11 is 0. The maximum Gasteiger partial charge on any atom is 0.263 e. The molecule has 0 bridgehead atoms. The Bertz CT molecular complexity index is 677. The van der Waals surface area contributed by atoms with Crippen molar-refractivity contribution in [1.82, 2.24) is 4.98 Å². The van der Waals surface area contributed by atoms with Crippen molar-refractivity contribution in [1.29, 1.82) is 0 Å². The summed E-state index contributed by atoms with van der Waals surface area (Å²) in [7, 11) is -3.91. The molecule has 1 aromatic heterocycles. The number of hydrogen-bond acceptors (Lipinski definition) is 3. The molecule has 0 aliphatic carbocycles. The molecule has 0 fully saturated rings. The number of anilines is 1. The average molecular weight is 287 g/mol. The molecule has 4 N–H and O–H groups in total. The van der Waals surface area contributed by atoms with E-state index in [0.717, 1.165) is 12.1 Å². The highest BCUT2D eigenvalue weighted by atomic mass is 32.2. The third-order valence-electron chi connectivity index (χ3n) is 2.36. The Morgan fingerprint density at radius 2 is 1.79 bits per heavy atom. The lowest BCUT2D eigenvalue weighted by Crippen LogP contribution is -2.12. The SMILES string of the molecule is NCc1cc(S(=O)(=O)Nc2cc(F)cc(F)c2)c[nH]1. The summed E-state index contributed by atoms with van der Waals surface area (Å²) in [5.41, 5.74) is 5.70. The predicted octanol–water partition coefficient (Wildman–Crippen LogP) is 1.55. The summed E-state index contributed by atoms with van der Waals surface area (Å²) in [4.78, 5) is 2.62. The Kier molecular flexibility index (Phi) is 3.54. The zero-order valence-electron chi connectivity index (χ0n) is 9.65. The third-order valence-corrected chi connectivity index (χ3v) is 3.72. The smallest absolute Gasteiger partial charge is 0.263 e. The first-order chi connectivity index (χ1) is 8.90. The van der Waals surface area contributed by atoms with Gasteiger partial charge in [0.2, 0.25) is 0 Å². The van der Waals surface area contributed by atoms with E-state index in [1.54, 1.807) is 0 Å². The molecule has 0 saturated carbocycles.